The van der Waals surface area contributed by atoms with Crippen LogP contribution in [0.15, 0.2) is 83.9 Å². The number of fused-ring (bicyclic) bond motifs is 2. The second-order valence-corrected chi connectivity index (χ2v) is 10.9. The number of benzene rings is 3. The van der Waals surface area contributed by atoms with E-state index in [0.29, 0.717) is 23.2 Å². The molecule has 0 radical (unpaired) electrons. The molecule has 0 saturated carbocycles. The Balaban J connectivity index is 0.000000383. The van der Waals surface area contributed by atoms with Crippen molar-refractivity contribution in [2.75, 3.05) is 0 Å². The minimum Gasteiger partial charge on any atom is -0.480 e. The van der Waals surface area contributed by atoms with E-state index in [1.54, 1.807) is 24.3 Å². The first-order valence-electron chi connectivity index (χ1n) is 12.0. The quantitative estimate of drug-likeness (QED) is 0.251. The third-order valence-electron chi connectivity index (χ3n) is 5.83. The number of aliphatic carboxylic acids is 2. The summed E-state index contributed by atoms with van der Waals surface area (Å²) in [6.45, 7) is 3.89. The zero-order valence-corrected chi connectivity index (χ0v) is 21.9. The molecule has 0 fully saturated rings. The first-order chi connectivity index (χ1) is 18.0. The highest BCUT2D eigenvalue weighted by Crippen LogP contribution is 2.23. The molecule has 0 amide bonds. The number of nitrogens with two attached hydrogens (primary N) is 1. The van der Waals surface area contributed by atoms with Gasteiger partial charge in [0, 0.05) is 18.0 Å². The van der Waals surface area contributed by atoms with Crippen molar-refractivity contribution in [3.63, 3.8) is 0 Å². The lowest BCUT2D eigenvalue weighted by Crippen LogP contribution is -2.42. The standard InChI is InChI=1S/C22H18N2O4S.C6H13NO2/c25-22(26)19(14-17-9-3-7-15-6-1-2-11-18(15)17)24-29(27,28)20-12-4-8-16-10-5-13-23-21(16)20;1-4(2)3-5(7)6(8)9/h1-13,19,24H,14H2,(H,25,26);4-5H,3,7H2,1-2H3,(H,8,9)/t19-;5-/m00/s1. The van der Waals surface area contributed by atoms with E-state index in [2.05, 4.69) is 9.71 Å². The van der Waals surface area contributed by atoms with E-state index in [-0.39, 0.29) is 11.3 Å². The predicted octanol–water partition coefficient (Wildman–Crippen LogP) is 3.81. The van der Waals surface area contributed by atoms with Crippen LogP contribution in [0, 0.1) is 5.92 Å². The number of nitrogens with one attached hydrogen (secondary N) is 1. The Kier molecular flexibility index (Phi) is 9.51. The van der Waals surface area contributed by atoms with Gasteiger partial charge in [-0.1, -0.05) is 74.5 Å². The fourth-order valence-corrected chi connectivity index (χ4v) is 5.39. The van der Waals surface area contributed by atoms with E-state index in [1.165, 1.54) is 12.3 Å². The molecule has 0 saturated heterocycles. The number of carbonyl (C=O) groups is 2. The molecule has 4 rings (SSSR count). The van der Waals surface area contributed by atoms with Crippen LogP contribution in [0.4, 0.5) is 0 Å². The van der Waals surface area contributed by atoms with Crippen LogP contribution in [0.2, 0.25) is 0 Å². The Morgan fingerprint density at radius 3 is 2.18 bits per heavy atom. The fraction of sp³-hybridized carbons (Fsp3) is 0.250. The Morgan fingerprint density at radius 2 is 1.53 bits per heavy atom. The second kappa shape index (κ2) is 12.6. The van der Waals surface area contributed by atoms with Crippen LogP contribution in [0.1, 0.15) is 25.8 Å². The maximum Gasteiger partial charge on any atom is 0.322 e. The van der Waals surface area contributed by atoms with Crippen molar-refractivity contribution in [2.24, 2.45) is 11.7 Å². The largest absolute Gasteiger partial charge is 0.480 e. The van der Waals surface area contributed by atoms with Gasteiger partial charge in [0.15, 0.2) is 0 Å². The van der Waals surface area contributed by atoms with Gasteiger partial charge in [-0.05, 0) is 40.8 Å². The molecule has 0 unspecified atom stereocenters. The van der Waals surface area contributed by atoms with Crippen LogP contribution in [0.5, 0.6) is 0 Å². The van der Waals surface area contributed by atoms with E-state index in [1.807, 2.05) is 56.3 Å². The molecule has 200 valence electrons. The summed E-state index contributed by atoms with van der Waals surface area (Å²) in [7, 11) is -4.10. The smallest absolute Gasteiger partial charge is 0.322 e. The second-order valence-electron chi connectivity index (χ2n) is 9.26. The van der Waals surface area contributed by atoms with Crippen LogP contribution in [-0.2, 0) is 26.0 Å². The van der Waals surface area contributed by atoms with Gasteiger partial charge in [-0.3, -0.25) is 14.6 Å². The number of pyridine rings is 1. The lowest BCUT2D eigenvalue weighted by Gasteiger charge is -2.17. The Morgan fingerprint density at radius 1 is 0.895 bits per heavy atom. The summed E-state index contributed by atoms with van der Waals surface area (Å²) in [5.41, 5.74) is 6.28. The third-order valence-corrected chi connectivity index (χ3v) is 7.33. The van der Waals surface area contributed by atoms with Gasteiger partial charge in [0.2, 0.25) is 10.0 Å². The average Bonchev–Trinajstić information content (AvgIpc) is 2.88. The molecule has 1 aromatic heterocycles. The summed E-state index contributed by atoms with van der Waals surface area (Å²) < 4.78 is 28.3. The molecule has 0 bridgehead atoms. The molecule has 3 aromatic carbocycles. The van der Waals surface area contributed by atoms with E-state index in [0.717, 1.165) is 16.3 Å². The number of sulfonamides is 1. The van der Waals surface area contributed by atoms with Crippen LogP contribution < -0.4 is 10.5 Å². The molecule has 0 spiro atoms. The molecule has 38 heavy (non-hydrogen) atoms. The van der Waals surface area contributed by atoms with Gasteiger partial charge in [-0.2, -0.15) is 4.72 Å². The van der Waals surface area contributed by atoms with Crippen LogP contribution in [0.25, 0.3) is 21.7 Å². The third kappa shape index (κ3) is 7.34. The molecule has 4 aromatic rings. The molecule has 0 aliphatic rings. The molecule has 0 aliphatic carbocycles. The van der Waals surface area contributed by atoms with Crippen molar-refractivity contribution in [1.29, 1.82) is 0 Å². The minimum atomic E-state index is -4.10. The van der Waals surface area contributed by atoms with E-state index < -0.39 is 34.0 Å². The topological polar surface area (TPSA) is 160 Å². The number of rotatable bonds is 9. The predicted molar refractivity (Wildman–Crippen MR) is 146 cm³/mol. The Hall–Kier alpha value is -3.86. The Bertz CT molecular complexity index is 1530. The van der Waals surface area contributed by atoms with Gasteiger partial charge < -0.3 is 15.9 Å². The molecule has 2 atom stereocenters. The lowest BCUT2D eigenvalue weighted by atomic mass is 9.99. The summed E-state index contributed by atoms with van der Waals surface area (Å²) in [5.74, 6) is -1.80. The van der Waals surface area contributed by atoms with Gasteiger partial charge in [0.1, 0.15) is 17.0 Å². The van der Waals surface area contributed by atoms with Crippen LogP contribution in [-0.4, -0.2) is 47.6 Å². The number of hydrogen-bond acceptors (Lipinski definition) is 6. The molecule has 1 heterocycles. The highest BCUT2D eigenvalue weighted by molar-refractivity contribution is 7.89. The minimum absolute atomic E-state index is 0.0219. The Labute approximate surface area is 221 Å². The van der Waals surface area contributed by atoms with Crippen LogP contribution in [0.3, 0.4) is 0 Å². The summed E-state index contributed by atoms with van der Waals surface area (Å²) in [5, 5.41) is 20.5. The van der Waals surface area contributed by atoms with Gasteiger partial charge in [-0.15, -0.1) is 0 Å². The van der Waals surface area contributed by atoms with Crippen molar-refractivity contribution in [1.82, 2.24) is 9.71 Å². The highest BCUT2D eigenvalue weighted by Gasteiger charge is 2.27. The summed E-state index contributed by atoms with van der Waals surface area (Å²) >= 11 is 0. The monoisotopic (exact) mass is 537 g/mol. The molecule has 5 N–H and O–H groups in total. The maximum atomic E-state index is 13.0. The van der Waals surface area contributed by atoms with Crippen LogP contribution >= 0.6 is 0 Å². The number of para-hydroxylation sites is 1. The molecule has 9 nitrogen and oxygen atoms in total. The fourth-order valence-electron chi connectivity index (χ4n) is 4.02. The molecule has 0 aliphatic heterocycles. The van der Waals surface area contributed by atoms with Crippen molar-refractivity contribution in [2.45, 2.75) is 43.7 Å². The SMILES string of the molecule is CC(C)C[C@H](N)C(=O)O.O=C(O)[C@H](Cc1cccc2ccccc12)NS(=O)(=O)c1cccc2cccnc12. The van der Waals surface area contributed by atoms with E-state index >= 15 is 0 Å². The first-order valence-corrected chi connectivity index (χ1v) is 13.5. The van der Waals surface area contributed by atoms with E-state index in [9.17, 15) is 23.1 Å². The lowest BCUT2D eigenvalue weighted by molar-refractivity contribution is -0.139. The normalized spacial score (nSPS) is 13.1. The zero-order valence-electron chi connectivity index (χ0n) is 21.1. The number of aromatic nitrogens is 1. The molecular formula is C28H31N3O6S. The van der Waals surface area contributed by atoms with Gasteiger partial charge >= 0.3 is 11.9 Å². The van der Waals surface area contributed by atoms with Gasteiger partial charge in [0.25, 0.3) is 0 Å². The van der Waals surface area contributed by atoms with Crippen molar-refractivity contribution >= 4 is 43.6 Å². The number of hydrogen-bond donors (Lipinski definition) is 4. The maximum absolute atomic E-state index is 13.0. The van der Waals surface area contributed by atoms with Crippen molar-refractivity contribution < 1.29 is 28.2 Å². The van der Waals surface area contributed by atoms with Gasteiger partial charge in [0.05, 0.1) is 5.52 Å². The number of carboxylic acid groups (broad SMARTS) is 2. The summed E-state index contributed by atoms with van der Waals surface area (Å²) in [4.78, 5) is 26.1. The molecule has 10 heteroatoms. The zero-order chi connectivity index (χ0) is 27.9. The average molecular weight is 538 g/mol. The van der Waals surface area contributed by atoms with E-state index in [4.69, 9.17) is 10.8 Å². The molecular weight excluding hydrogens is 506 g/mol. The highest BCUT2D eigenvalue weighted by atomic mass is 32.2. The summed E-state index contributed by atoms with van der Waals surface area (Å²) in [6.07, 6.45) is 2.08. The first kappa shape index (κ1) is 28.7. The van der Waals surface area contributed by atoms with Gasteiger partial charge in [-0.25, -0.2) is 8.42 Å². The summed E-state index contributed by atoms with van der Waals surface area (Å²) in [6, 6.07) is 19.4. The van der Waals surface area contributed by atoms with Crippen molar-refractivity contribution in [3.8, 4) is 0 Å². The number of carboxylic acids is 2. The van der Waals surface area contributed by atoms with Crippen molar-refractivity contribution in [3.05, 3.63) is 84.6 Å². The number of nitrogens with zero attached hydrogens (tertiary/aromatic N) is 1.